The van der Waals surface area contributed by atoms with Crippen molar-refractivity contribution in [1.29, 1.82) is 0 Å². The first kappa shape index (κ1) is 13.3. The highest BCUT2D eigenvalue weighted by Gasteiger charge is 2.14. The van der Waals surface area contributed by atoms with Gasteiger partial charge in [-0.15, -0.1) is 0 Å². The highest BCUT2D eigenvalue weighted by atomic mass is 16.4. The molecule has 0 aliphatic carbocycles. The number of nitrogens with zero attached hydrogens (tertiary/aromatic N) is 3. The smallest absolute Gasteiger partial charge is 0.341 e. The van der Waals surface area contributed by atoms with Crippen LogP contribution in [0.15, 0.2) is 42.7 Å². The lowest BCUT2D eigenvalue weighted by Crippen LogP contribution is -1.99. The van der Waals surface area contributed by atoms with Crippen molar-refractivity contribution in [3.63, 3.8) is 0 Å². The van der Waals surface area contributed by atoms with Gasteiger partial charge in [0.05, 0.1) is 11.9 Å². The number of fused-ring (bicyclic) bond motifs is 1. The van der Waals surface area contributed by atoms with Crippen molar-refractivity contribution < 1.29 is 9.90 Å². The maximum atomic E-state index is 11.2. The summed E-state index contributed by atoms with van der Waals surface area (Å²) in [7, 11) is 0. The minimum atomic E-state index is -1.02. The summed E-state index contributed by atoms with van der Waals surface area (Å²) >= 11 is 0. The summed E-state index contributed by atoms with van der Waals surface area (Å²) in [4.78, 5) is 15.3. The molecule has 1 N–H and O–H groups in total. The number of aromatic carboxylic acids is 1. The molecule has 0 amide bonds. The molecule has 106 valence electrons. The third kappa shape index (κ3) is 2.27. The van der Waals surface area contributed by atoms with Gasteiger partial charge in [0.15, 0.2) is 5.65 Å². The van der Waals surface area contributed by atoms with E-state index in [1.54, 1.807) is 10.7 Å². The van der Waals surface area contributed by atoms with E-state index in [2.05, 4.69) is 36.1 Å². The third-order valence-electron chi connectivity index (χ3n) is 3.50. The van der Waals surface area contributed by atoms with Crippen LogP contribution in [0.1, 0.15) is 35.7 Å². The van der Waals surface area contributed by atoms with E-state index in [1.165, 1.54) is 11.8 Å². The number of carboxylic acid groups (broad SMARTS) is 1. The van der Waals surface area contributed by atoms with E-state index >= 15 is 0 Å². The normalized spacial score (nSPS) is 11.2. The second-order valence-corrected chi connectivity index (χ2v) is 5.21. The zero-order valence-corrected chi connectivity index (χ0v) is 11.8. The molecule has 0 radical (unpaired) electrons. The van der Waals surface area contributed by atoms with Gasteiger partial charge in [-0.25, -0.2) is 14.3 Å². The second-order valence-electron chi connectivity index (χ2n) is 5.21. The molecule has 0 fully saturated rings. The minimum Gasteiger partial charge on any atom is -0.477 e. The van der Waals surface area contributed by atoms with Crippen molar-refractivity contribution >= 4 is 11.6 Å². The van der Waals surface area contributed by atoms with Gasteiger partial charge in [-0.3, -0.25) is 0 Å². The molecule has 0 atom stereocenters. The molecule has 0 saturated carbocycles. The number of aromatic nitrogens is 3. The molecular weight excluding hydrogens is 266 g/mol. The number of hydrogen-bond donors (Lipinski definition) is 1. The van der Waals surface area contributed by atoms with E-state index in [-0.39, 0.29) is 5.56 Å². The Hall–Kier alpha value is -2.69. The molecule has 2 heterocycles. The fourth-order valence-electron chi connectivity index (χ4n) is 2.30. The Bertz CT molecular complexity index is 804. The van der Waals surface area contributed by atoms with Crippen LogP contribution in [-0.4, -0.2) is 25.7 Å². The Kier molecular flexibility index (Phi) is 3.17. The summed E-state index contributed by atoms with van der Waals surface area (Å²) in [6, 6.07) is 10.0. The molecule has 0 bridgehead atoms. The van der Waals surface area contributed by atoms with E-state index in [0.717, 1.165) is 11.3 Å². The molecule has 2 aromatic heterocycles. The highest BCUT2D eigenvalue weighted by Crippen LogP contribution is 2.23. The van der Waals surface area contributed by atoms with Gasteiger partial charge in [0.25, 0.3) is 0 Å². The fraction of sp³-hybridized carbons (Fsp3) is 0.188. The van der Waals surface area contributed by atoms with Crippen LogP contribution >= 0.6 is 0 Å². The topological polar surface area (TPSA) is 67.5 Å². The molecule has 0 spiro atoms. The molecule has 3 rings (SSSR count). The van der Waals surface area contributed by atoms with Crippen LogP contribution in [0.2, 0.25) is 0 Å². The quantitative estimate of drug-likeness (QED) is 0.800. The number of hydrogen-bond acceptors (Lipinski definition) is 3. The Labute approximate surface area is 121 Å². The summed E-state index contributed by atoms with van der Waals surface area (Å²) < 4.78 is 1.56. The summed E-state index contributed by atoms with van der Waals surface area (Å²) in [5.74, 6) is -0.551. The van der Waals surface area contributed by atoms with Crippen LogP contribution in [0.4, 0.5) is 0 Å². The van der Waals surface area contributed by atoms with Gasteiger partial charge in [-0.1, -0.05) is 38.1 Å². The molecule has 0 aliphatic heterocycles. The van der Waals surface area contributed by atoms with Crippen LogP contribution in [0.3, 0.4) is 0 Å². The third-order valence-corrected chi connectivity index (χ3v) is 3.50. The molecule has 5 nitrogen and oxygen atoms in total. The Balaban J connectivity index is 2.14. The molecular formula is C16H15N3O2. The van der Waals surface area contributed by atoms with Crippen molar-refractivity contribution in [3.05, 3.63) is 53.9 Å². The SMILES string of the molecule is CC(C)c1ccc(-c2ccnc3c(C(=O)O)cnn23)cc1. The van der Waals surface area contributed by atoms with Crippen molar-refractivity contribution in [2.24, 2.45) is 0 Å². The minimum absolute atomic E-state index is 0.107. The van der Waals surface area contributed by atoms with Gasteiger partial charge in [-0.05, 0) is 17.5 Å². The molecule has 1 aromatic carbocycles. The Morgan fingerprint density at radius 2 is 1.90 bits per heavy atom. The van der Waals surface area contributed by atoms with Crippen LogP contribution in [0.5, 0.6) is 0 Å². The monoisotopic (exact) mass is 281 g/mol. The largest absolute Gasteiger partial charge is 0.477 e. The van der Waals surface area contributed by atoms with Crippen LogP contribution in [0.25, 0.3) is 16.9 Å². The van der Waals surface area contributed by atoms with Gasteiger partial charge >= 0.3 is 5.97 Å². The molecule has 0 saturated heterocycles. The molecule has 5 heteroatoms. The summed E-state index contributed by atoms with van der Waals surface area (Å²) in [5, 5.41) is 13.3. The average molecular weight is 281 g/mol. The van der Waals surface area contributed by atoms with Gasteiger partial charge in [0, 0.05) is 11.8 Å². The van der Waals surface area contributed by atoms with Crippen molar-refractivity contribution in [3.8, 4) is 11.3 Å². The van der Waals surface area contributed by atoms with Crippen molar-refractivity contribution in [2.75, 3.05) is 0 Å². The second kappa shape index (κ2) is 5.01. The number of benzene rings is 1. The zero-order chi connectivity index (χ0) is 15.0. The number of rotatable bonds is 3. The molecule has 0 aliphatic rings. The first-order valence-electron chi connectivity index (χ1n) is 6.74. The standard InChI is InChI=1S/C16H15N3O2/c1-10(2)11-3-5-12(6-4-11)14-7-8-17-15-13(16(20)21)9-18-19(14)15/h3-10H,1-2H3,(H,20,21). The number of carbonyl (C=O) groups is 1. The molecule has 3 aromatic rings. The summed E-state index contributed by atoms with van der Waals surface area (Å²) in [5.41, 5.74) is 3.52. The van der Waals surface area contributed by atoms with Gasteiger partial charge in [0.2, 0.25) is 0 Å². The lowest BCUT2D eigenvalue weighted by Gasteiger charge is -2.08. The van der Waals surface area contributed by atoms with Crippen LogP contribution in [-0.2, 0) is 0 Å². The summed E-state index contributed by atoms with van der Waals surface area (Å²) in [6.45, 7) is 4.29. The van der Waals surface area contributed by atoms with E-state index in [0.29, 0.717) is 11.6 Å². The average Bonchev–Trinajstić information content (AvgIpc) is 2.91. The lowest BCUT2D eigenvalue weighted by molar-refractivity contribution is 0.0699. The summed E-state index contributed by atoms with van der Waals surface area (Å²) in [6.07, 6.45) is 2.94. The number of carboxylic acids is 1. The zero-order valence-electron chi connectivity index (χ0n) is 11.8. The van der Waals surface area contributed by atoms with Gasteiger partial charge < -0.3 is 5.11 Å². The van der Waals surface area contributed by atoms with Crippen LogP contribution < -0.4 is 0 Å². The van der Waals surface area contributed by atoms with E-state index < -0.39 is 5.97 Å². The van der Waals surface area contributed by atoms with Crippen LogP contribution in [0, 0.1) is 0 Å². The van der Waals surface area contributed by atoms with Crippen molar-refractivity contribution in [2.45, 2.75) is 19.8 Å². The van der Waals surface area contributed by atoms with E-state index in [9.17, 15) is 4.79 Å². The van der Waals surface area contributed by atoms with E-state index in [1.807, 2.05) is 18.2 Å². The maximum absolute atomic E-state index is 11.2. The Morgan fingerprint density at radius 3 is 2.52 bits per heavy atom. The lowest BCUT2D eigenvalue weighted by atomic mass is 10.0. The van der Waals surface area contributed by atoms with E-state index in [4.69, 9.17) is 5.11 Å². The predicted octanol–water partition coefficient (Wildman–Crippen LogP) is 3.22. The maximum Gasteiger partial charge on any atom is 0.341 e. The first-order valence-corrected chi connectivity index (χ1v) is 6.74. The fourth-order valence-corrected chi connectivity index (χ4v) is 2.30. The Morgan fingerprint density at radius 1 is 1.19 bits per heavy atom. The van der Waals surface area contributed by atoms with Crippen molar-refractivity contribution in [1.82, 2.24) is 14.6 Å². The van der Waals surface area contributed by atoms with Gasteiger partial charge in [0.1, 0.15) is 5.56 Å². The molecule has 21 heavy (non-hydrogen) atoms. The van der Waals surface area contributed by atoms with Gasteiger partial charge in [-0.2, -0.15) is 5.10 Å². The molecule has 0 unspecified atom stereocenters. The predicted molar refractivity (Wildman–Crippen MR) is 79.5 cm³/mol. The first-order chi connectivity index (χ1) is 10.1. The highest BCUT2D eigenvalue weighted by molar-refractivity contribution is 5.94.